The molecule has 196 valence electrons. The first-order chi connectivity index (χ1) is 17.2. The molecule has 2 aliphatic rings. The van der Waals surface area contributed by atoms with E-state index in [9.17, 15) is 22.4 Å². The Kier molecular flexibility index (Phi) is 8.30. The first-order valence-corrected chi connectivity index (χ1v) is 12.6. The number of likely N-dealkylation sites (tertiary alicyclic amines) is 1. The number of amides is 1. The fourth-order valence-electron chi connectivity index (χ4n) is 5.41. The summed E-state index contributed by atoms with van der Waals surface area (Å²) < 4.78 is 58.4. The maximum atomic E-state index is 13.2. The maximum Gasteiger partial charge on any atom is 0.417 e. The molecule has 1 N–H and O–H groups in total. The van der Waals surface area contributed by atoms with Crippen molar-refractivity contribution in [2.75, 3.05) is 19.7 Å². The average Bonchev–Trinajstić information content (AvgIpc) is 2.88. The standard InChI is InChI=1S/C27H33F4N3O2/c1-2-10-26(25(35)33-16-19-14-22(17-32-15-19)27(29,30)31)11-7-24(18-36-26)34-12-8-21(9-13-34)20-3-5-23(28)6-4-20/h3-6,14-15,17,21,24H,2,7-13,16,18H2,1H3,(H,33,35)/t24-,26-/m1/s1. The number of aromatic nitrogens is 1. The summed E-state index contributed by atoms with van der Waals surface area (Å²) in [5.74, 6) is -0.0847. The molecule has 1 aromatic heterocycles. The van der Waals surface area contributed by atoms with Crippen molar-refractivity contribution >= 4 is 5.91 Å². The molecular weight excluding hydrogens is 474 g/mol. The molecule has 9 heteroatoms. The van der Waals surface area contributed by atoms with E-state index in [4.69, 9.17) is 4.74 Å². The van der Waals surface area contributed by atoms with Crippen molar-refractivity contribution in [2.24, 2.45) is 0 Å². The Morgan fingerprint density at radius 1 is 1.17 bits per heavy atom. The number of nitrogens with one attached hydrogen (secondary N) is 1. The number of benzene rings is 1. The molecule has 0 bridgehead atoms. The highest BCUT2D eigenvalue weighted by Gasteiger charge is 2.43. The topological polar surface area (TPSA) is 54.5 Å². The molecule has 1 amide bonds. The van der Waals surface area contributed by atoms with E-state index in [1.54, 1.807) is 0 Å². The zero-order valence-corrected chi connectivity index (χ0v) is 20.5. The van der Waals surface area contributed by atoms with Crippen molar-refractivity contribution in [2.45, 2.75) is 75.7 Å². The fourth-order valence-corrected chi connectivity index (χ4v) is 5.41. The Labute approximate surface area is 209 Å². The van der Waals surface area contributed by atoms with Gasteiger partial charge >= 0.3 is 6.18 Å². The van der Waals surface area contributed by atoms with Crippen LogP contribution in [0.2, 0.25) is 0 Å². The molecule has 2 aliphatic heterocycles. The number of alkyl halides is 3. The third-order valence-corrected chi connectivity index (χ3v) is 7.46. The summed E-state index contributed by atoms with van der Waals surface area (Å²) in [7, 11) is 0. The van der Waals surface area contributed by atoms with Gasteiger partial charge in [-0.15, -0.1) is 0 Å². The van der Waals surface area contributed by atoms with Gasteiger partial charge in [-0.1, -0.05) is 25.5 Å². The van der Waals surface area contributed by atoms with Gasteiger partial charge in [0.05, 0.1) is 12.2 Å². The second-order valence-electron chi connectivity index (χ2n) is 9.87. The van der Waals surface area contributed by atoms with Crippen molar-refractivity contribution in [3.8, 4) is 0 Å². The lowest BCUT2D eigenvalue weighted by atomic mass is 9.84. The van der Waals surface area contributed by atoms with Crippen LogP contribution in [-0.4, -0.2) is 47.1 Å². The monoisotopic (exact) mass is 507 g/mol. The van der Waals surface area contributed by atoms with Crippen LogP contribution >= 0.6 is 0 Å². The van der Waals surface area contributed by atoms with Crippen LogP contribution in [-0.2, 0) is 22.3 Å². The zero-order chi connectivity index (χ0) is 25.8. The van der Waals surface area contributed by atoms with Gasteiger partial charge in [-0.2, -0.15) is 13.2 Å². The number of carbonyl (C=O) groups excluding carboxylic acids is 1. The molecular formula is C27H33F4N3O2. The predicted molar refractivity (Wildman–Crippen MR) is 128 cm³/mol. The van der Waals surface area contributed by atoms with Crippen LogP contribution in [0.4, 0.5) is 17.6 Å². The Hall–Kier alpha value is -2.52. The number of carbonyl (C=O) groups is 1. The zero-order valence-electron chi connectivity index (χ0n) is 20.5. The number of hydrogen-bond donors (Lipinski definition) is 1. The molecule has 2 fully saturated rings. The summed E-state index contributed by atoms with van der Waals surface area (Å²) in [6, 6.07) is 7.99. The quantitative estimate of drug-likeness (QED) is 0.506. The summed E-state index contributed by atoms with van der Waals surface area (Å²) in [5, 5.41) is 2.78. The van der Waals surface area contributed by atoms with E-state index in [1.807, 2.05) is 19.1 Å². The van der Waals surface area contributed by atoms with Crippen molar-refractivity contribution in [3.63, 3.8) is 0 Å². The van der Waals surface area contributed by atoms with E-state index in [2.05, 4.69) is 15.2 Å². The highest BCUT2D eigenvalue weighted by molar-refractivity contribution is 5.85. The molecule has 0 saturated carbocycles. The van der Waals surface area contributed by atoms with E-state index in [1.165, 1.54) is 23.9 Å². The van der Waals surface area contributed by atoms with E-state index < -0.39 is 17.3 Å². The van der Waals surface area contributed by atoms with Gasteiger partial charge < -0.3 is 10.1 Å². The molecule has 3 heterocycles. The molecule has 4 rings (SSSR count). The van der Waals surface area contributed by atoms with Crippen LogP contribution in [0.25, 0.3) is 0 Å². The van der Waals surface area contributed by atoms with Gasteiger partial charge in [0.1, 0.15) is 11.4 Å². The number of halogens is 4. The van der Waals surface area contributed by atoms with Gasteiger partial charge in [0.15, 0.2) is 0 Å². The molecule has 0 spiro atoms. The summed E-state index contributed by atoms with van der Waals surface area (Å²) >= 11 is 0. The van der Waals surface area contributed by atoms with Gasteiger partial charge in [0.25, 0.3) is 5.91 Å². The molecule has 0 radical (unpaired) electrons. The normalized spacial score (nSPS) is 24.0. The molecule has 1 aromatic carbocycles. The Morgan fingerprint density at radius 3 is 2.50 bits per heavy atom. The summed E-state index contributed by atoms with van der Waals surface area (Å²) in [4.78, 5) is 19.2. The Bertz CT molecular complexity index is 1010. The van der Waals surface area contributed by atoms with Gasteiger partial charge in [-0.05, 0) is 80.4 Å². The highest BCUT2D eigenvalue weighted by Crippen LogP contribution is 2.35. The van der Waals surface area contributed by atoms with Crippen LogP contribution < -0.4 is 5.32 Å². The second-order valence-corrected chi connectivity index (χ2v) is 9.87. The smallest absolute Gasteiger partial charge is 0.364 e. The van der Waals surface area contributed by atoms with Crippen molar-refractivity contribution in [3.05, 3.63) is 65.2 Å². The largest absolute Gasteiger partial charge is 0.417 e. The number of pyridine rings is 1. The van der Waals surface area contributed by atoms with Gasteiger partial charge in [0.2, 0.25) is 0 Å². The number of nitrogens with zero attached hydrogens (tertiary/aromatic N) is 2. The SMILES string of the molecule is CCC[C@]1(C(=O)NCc2cncc(C(F)(F)F)c2)CC[C@@H](N2CCC(c3ccc(F)cc3)CC2)CO1. The minimum absolute atomic E-state index is 0.0368. The third-order valence-electron chi connectivity index (χ3n) is 7.46. The molecule has 0 unspecified atom stereocenters. The number of piperidine rings is 1. The van der Waals surface area contributed by atoms with Gasteiger partial charge in [-0.25, -0.2) is 4.39 Å². The van der Waals surface area contributed by atoms with E-state index in [0.717, 1.165) is 51.0 Å². The van der Waals surface area contributed by atoms with Crippen molar-refractivity contribution < 1.29 is 27.1 Å². The van der Waals surface area contributed by atoms with Crippen molar-refractivity contribution in [1.29, 1.82) is 0 Å². The van der Waals surface area contributed by atoms with E-state index in [-0.39, 0.29) is 24.3 Å². The molecule has 2 atom stereocenters. The first-order valence-electron chi connectivity index (χ1n) is 12.6. The van der Waals surface area contributed by atoms with E-state index in [0.29, 0.717) is 30.9 Å². The number of hydrogen-bond acceptors (Lipinski definition) is 4. The van der Waals surface area contributed by atoms with Crippen LogP contribution in [0.15, 0.2) is 42.7 Å². The Morgan fingerprint density at radius 2 is 1.89 bits per heavy atom. The van der Waals surface area contributed by atoms with Gasteiger partial charge in [-0.3, -0.25) is 14.7 Å². The summed E-state index contributed by atoms with van der Waals surface area (Å²) in [6.07, 6.45) is 2.31. The predicted octanol–water partition coefficient (Wildman–Crippen LogP) is 5.45. The van der Waals surface area contributed by atoms with Crippen LogP contribution in [0.3, 0.4) is 0 Å². The van der Waals surface area contributed by atoms with Gasteiger partial charge in [0, 0.05) is 25.0 Å². The Balaban J connectivity index is 1.31. The van der Waals surface area contributed by atoms with Crippen LogP contribution in [0, 0.1) is 5.82 Å². The lowest BCUT2D eigenvalue weighted by Crippen LogP contribution is -2.56. The van der Waals surface area contributed by atoms with Crippen LogP contribution in [0.1, 0.15) is 68.1 Å². The lowest BCUT2D eigenvalue weighted by molar-refractivity contribution is -0.162. The number of rotatable bonds is 7. The van der Waals surface area contributed by atoms with E-state index >= 15 is 0 Å². The summed E-state index contributed by atoms with van der Waals surface area (Å²) in [6.45, 7) is 4.24. The average molecular weight is 508 g/mol. The molecule has 2 aromatic rings. The fraction of sp³-hybridized carbons (Fsp3) is 0.556. The minimum Gasteiger partial charge on any atom is -0.364 e. The number of ether oxygens (including phenoxy) is 1. The first kappa shape index (κ1) is 26.5. The molecule has 36 heavy (non-hydrogen) atoms. The maximum absolute atomic E-state index is 13.2. The van der Waals surface area contributed by atoms with Crippen LogP contribution in [0.5, 0.6) is 0 Å². The minimum atomic E-state index is -4.48. The molecule has 2 saturated heterocycles. The molecule has 0 aliphatic carbocycles. The summed E-state index contributed by atoms with van der Waals surface area (Å²) in [5.41, 5.74) is -0.335. The second kappa shape index (κ2) is 11.3. The highest BCUT2D eigenvalue weighted by atomic mass is 19.4. The van der Waals surface area contributed by atoms with Crippen molar-refractivity contribution in [1.82, 2.24) is 15.2 Å². The lowest BCUT2D eigenvalue weighted by Gasteiger charge is -2.44. The molecule has 5 nitrogen and oxygen atoms in total. The third kappa shape index (κ3) is 6.24.